The molecule has 0 atom stereocenters. The van der Waals surface area contributed by atoms with Gasteiger partial charge in [-0.3, -0.25) is 0 Å². The summed E-state index contributed by atoms with van der Waals surface area (Å²) in [6, 6.07) is 4.24. The van der Waals surface area contributed by atoms with Crippen molar-refractivity contribution < 1.29 is 4.74 Å². The lowest BCUT2D eigenvalue weighted by Gasteiger charge is -2.20. The lowest BCUT2D eigenvalue weighted by Crippen LogP contribution is -2.38. The molecule has 0 unspecified atom stereocenters. The molecule has 0 spiro atoms. The summed E-state index contributed by atoms with van der Waals surface area (Å²) in [7, 11) is 3.74. The number of thiocarbonyl (C=S) groups is 1. The van der Waals surface area contributed by atoms with Crippen LogP contribution in [0.4, 0.5) is 0 Å². The maximum Gasteiger partial charge on any atom is 0.168 e. The highest BCUT2D eigenvalue weighted by Crippen LogP contribution is 2.09. The molecule has 0 fully saturated rings. The van der Waals surface area contributed by atoms with Crippen molar-refractivity contribution in [2.24, 2.45) is 0 Å². The van der Waals surface area contributed by atoms with Crippen molar-refractivity contribution in [1.82, 2.24) is 10.2 Å². The average Bonchev–Trinajstić information content (AvgIpc) is 2.84. The lowest BCUT2D eigenvalue weighted by atomic mass is 10.3. The molecule has 0 amide bonds. The van der Waals surface area contributed by atoms with Gasteiger partial charge in [0.1, 0.15) is 0 Å². The van der Waals surface area contributed by atoms with E-state index in [9.17, 15) is 0 Å². The van der Waals surface area contributed by atoms with Crippen LogP contribution in [0.2, 0.25) is 0 Å². The van der Waals surface area contributed by atoms with Crippen LogP contribution >= 0.6 is 23.6 Å². The summed E-state index contributed by atoms with van der Waals surface area (Å²) in [5.41, 5.74) is 0. The maximum atomic E-state index is 5.30. The first-order chi connectivity index (χ1) is 8.24. The molecule has 0 aliphatic heterocycles. The van der Waals surface area contributed by atoms with Crippen LogP contribution < -0.4 is 5.32 Å². The van der Waals surface area contributed by atoms with Crippen molar-refractivity contribution in [1.29, 1.82) is 0 Å². The van der Waals surface area contributed by atoms with Gasteiger partial charge in [0.15, 0.2) is 5.11 Å². The third-order valence-electron chi connectivity index (χ3n) is 2.42. The molecule has 1 rings (SSSR count). The molecule has 17 heavy (non-hydrogen) atoms. The first kappa shape index (κ1) is 14.4. The fraction of sp³-hybridized carbons (Fsp3) is 0.583. The zero-order valence-corrected chi connectivity index (χ0v) is 12.1. The van der Waals surface area contributed by atoms with Gasteiger partial charge in [-0.1, -0.05) is 6.07 Å². The van der Waals surface area contributed by atoms with Crippen molar-refractivity contribution in [3.63, 3.8) is 0 Å². The minimum Gasteiger partial charge on any atom is -0.385 e. The third-order valence-corrected chi connectivity index (χ3v) is 3.81. The fourth-order valence-corrected chi connectivity index (χ4v) is 2.27. The van der Waals surface area contributed by atoms with E-state index < -0.39 is 0 Å². The summed E-state index contributed by atoms with van der Waals surface area (Å²) >= 11 is 7.09. The van der Waals surface area contributed by atoms with Crippen molar-refractivity contribution in [3.05, 3.63) is 22.4 Å². The van der Waals surface area contributed by atoms with E-state index in [1.54, 1.807) is 18.4 Å². The van der Waals surface area contributed by atoms with Gasteiger partial charge in [0.25, 0.3) is 0 Å². The Morgan fingerprint density at radius 2 is 2.41 bits per heavy atom. The number of rotatable bonds is 7. The number of methoxy groups -OCH3 is 1. The fourth-order valence-electron chi connectivity index (χ4n) is 1.38. The minimum absolute atomic E-state index is 0.772. The van der Waals surface area contributed by atoms with Crippen LogP contribution in [0, 0.1) is 0 Å². The Morgan fingerprint density at radius 1 is 1.59 bits per heavy atom. The van der Waals surface area contributed by atoms with Gasteiger partial charge in [0.05, 0.1) is 0 Å². The molecule has 0 radical (unpaired) electrons. The Balaban J connectivity index is 2.13. The molecule has 1 aromatic rings. The third kappa shape index (κ3) is 6.00. The molecule has 0 bridgehead atoms. The Hall–Kier alpha value is -0.650. The van der Waals surface area contributed by atoms with Crippen molar-refractivity contribution in [3.8, 4) is 0 Å². The Morgan fingerprint density at radius 3 is 3.06 bits per heavy atom. The number of likely N-dealkylation sites (N-methyl/N-ethyl adjacent to an activating group) is 1. The van der Waals surface area contributed by atoms with Gasteiger partial charge in [0, 0.05) is 38.7 Å². The molecule has 1 heterocycles. The molecule has 5 heteroatoms. The topological polar surface area (TPSA) is 24.5 Å². The summed E-state index contributed by atoms with van der Waals surface area (Å²) in [5.74, 6) is 0. The largest absolute Gasteiger partial charge is 0.385 e. The summed E-state index contributed by atoms with van der Waals surface area (Å²) in [6.07, 6.45) is 2.03. The number of nitrogens with zero attached hydrogens (tertiary/aromatic N) is 1. The van der Waals surface area contributed by atoms with Gasteiger partial charge >= 0.3 is 0 Å². The van der Waals surface area contributed by atoms with Gasteiger partial charge in [-0.15, -0.1) is 11.3 Å². The highest BCUT2D eigenvalue weighted by Gasteiger charge is 2.03. The normalized spacial score (nSPS) is 10.2. The van der Waals surface area contributed by atoms with Gasteiger partial charge in [-0.25, -0.2) is 0 Å². The van der Waals surface area contributed by atoms with E-state index in [1.807, 2.05) is 7.05 Å². The number of nitrogens with one attached hydrogen (secondary N) is 1. The van der Waals surface area contributed by atoms with Crippen molar-refractivity contribution >= 4 is 28.7 Å². The standard InChI is InChI=1S/C12H20N2OS2/c1-14(8-6-11-5-3-10-17-11)12(16)13-7-4-9-15-2/h3,5,10H,4,6-9H2,1-2H3,(H,13,16). The quantitative estimate of drug-likeness (QED) is 0.607. The van der Waals surface area contributed by atoms with Crippen LogP contribution in [0.5, 0.6) is 0 Å². The molecule has 3 nitrogen and oxygen atoms in total. The highest BCUT2D eigenvalue weighted by atomic mass is 32.1. The van der Waals surface area contributed by atoms with Crippen LogP contribution in [0.15, 0.2) is 17.5 Å². The second-order valence-corrected chi connectivity index (χ2v) is 5.25. The second-order valence-electron chi connectivity index (χ2n) is 3.83. The first-order valence-electron chi connectivity index (χ1n) is 5.74. The van der Waals surface area contributed by atoms with E-state index >= 15 is 0 Å². The first-order valence-corrected chi connectivity index (χ1v) is 7.03. The van der Waals surface area contributed by atoms with Gasteiger partial charge < -0.3 is 15.0 Å². The molecular weight excluding hydrogens is 252 g/mol. The van der Waals surface area contributed by atoms with Crippen LogP contribution in [-0.2, 0) is 11.2 Å². The predicted octanol–water partition coefficient (Wildman–Crippen LogP) is 2.13. The van der Waals surface area contributed by atoms with Gasteiger partial charge in [-0.2, -0.15) is 0 Å². The molecular formula is C12H20N2OS2. The molecule has 0 aliphatic carbocycles. The van der Waals surface area contributed by atoms with E-state index in [1.165, 1.54) is 4.88 Å². The second kappa shape index (κ2) is 8.44. The highest BCUT2D eigenvalue weighted by molar-refractivity contribution is 7.80. The summed E-state index contributed by atoms with van der Waals surface area (Å²) in [6.45, 7) is 2.60. The van der Waals surface area contributed by atoms with Crippen LogP contribution in [-0.4, -0.2) is 43.9 Å². The summed E-state index contributed by atoms with van der Waals surface area (Å²) < 4.78 is 4.99. The molecule has 1 aromatic heterocycles. The SMILES string of the molecule is COCCCNC(=S)N(C)CCc1cccs1. The summed E-state index contributed by atoms with van der Waals surface area (Å²) in [5, 5.41) is 6.15. The van der Waals surface area contributed by atoms with Gasteiger partial charge in [-0.05, 0) is 36.5 Å². The Bertz CT molecular complexity index is 314. The predicted molar refractivity (Wildman–Crippen MR) is 77.7 cm³/mol. The zero-order valence-electron chi connectivity index (χ0n) is 10.4. The van der Waals surface area contributed by atoms with Crippen molar-refractivity contribution in [2.75, 3.05) is 33.9 Å². The molecule has 0 aliphatic rings. The van der Waals surface area contributed by atoms with Gasteiger partial charge in [0.2, 0.25) is 0 Å². The van der Waals surface area contributed by atoms with Crippen LogP contribution in [0.3, 0.4) is 0 Å². The summed E-state index contributed by atoms with van der Waals surface area (Å²) in [4.78, 5) is 3.49. The smallest absolute Gasteiger partial charge is 0.168 e. The van der Waals surface area contributed by atoms with E-state index in [0.717, 1.165) is 37.7 Å². The molecule has 1 N–H and O–H groups in total. The Labute approximate surface area is 113 Å². The van der Waals surface area contributed by atoms with E-state index in [4.69, 9.17) is 17.0 Å². The number of hydrogen-bond acceptors (Lipinski definition) is 3. The number of hydrogen-bond donors (Lipinski definition) is 1. The number of thiophene rings is 1. The van der Waals surface area contributed by atoms with E-state index in [0.29, 0.717) is 0 Å². The van der Waals surface area contributed by atoms with E-state index in [-0.39, 0.29) is 0 Å². The molecule has 0 saturated carbocycles. The van der Waals surface area contributed by atoms with Crippen LogP contribution in [0.25, 0.3) is 0 Å². The Kier molecular flexibility index (Phi) is 7.16. The monoisotopic (exact) mass is 272 g/mol. The molecule has 0 saturated heterocycles. The minimum atomic E-state index is 0.772. The lowest BCUT2D eigenvalue weighted by molar-refractivity contribution is 0.195. The zero-order chi connectivity index (χ0) is 12.5. The maximum absolute atomic E-state index is 5.30. The van der Waals surface area contributed by atoms with Crippen molar-refractivity contribution in [2.45, 2.75) is 12.8 Å². The molecule has 96 valence electrons. The number of ether oxygens (including phenoxy) is 1. The van der Waals surface area contributed by atoms with E-state index in [2.05, 4.69) is 27.7 Å². The van der Waals surface area contributed by atoms with Crippen LogP contribution in [0.1, 0.15) is 11.3 Å². The average molecular weight is 272 g/mol. The molecule has 0 aromatic carbocycles.